The van der Waals surface area contributed by atoms with Gasteiger partial charge in [-0.2, -0.15) is 0 Å². The molecule has 4 heteroatoms. The lowest BCUT2D eigenvalue weighted by Crippen LogP contribution is -2.40. The molecule has 1 aromatic rings. The van der Waals surface area contributed by atoms with Crippen molar-refractivity contribution in [1.29, 1.82) is 0 Å². The number of nitrogens with zero attached hydrogens (tertiary/aromatic N) is 1. The van der Waals surface area contributed by atoms with Crippen LogP contribution in [0.4, 0.5) is 0 Å². The number of sulfone groups is 1. The Morgan fingerprint density at radius 3 is 2.07 bits per heavy atom. The predicted molar refractivity (Wildman–Crippen MR) is 60.2 cm³/mol. The summed E-state index contributed by atoms with van der Waals surface area (Å²) in [5, 5.41) is 0. The van der Waals surface area contributed by atoms with Crippen molar-refractivity contribution in [2.45, 2.75) is 32.1 Å². The molecule has 0 aromatic carbocycles. The third-order valence-electron chi connectivity index (χ3n) is 2.33. The fourth-order valence-corrected chi connectivity index (χ4v) is 2.18. The zero-order valence-electron chi connectivity index (χ0n) is 9.47. The summed E-state index contributed by atoms with van der Waals surface area (Å²) < 4.78 is 24.8. The number of hydrogen-bond acceptors (Lipinski definition) is 2. The fraction of sp³-hybridized carbons (Fsp3) is 0.545. The standard InChI is InChI=1S/C11H18NO2S/c1-11(2,3)15(13,14)10-9-12-7-5-4-6-8-12/h4-8H,9-10H2,1-3H3/q+1. The minimum Gasteiger partial charge on any atom is -0.228 e. The van der Waals surface area contributed by atoms with Gasteiger partial charge in [-0.15, -0.1) is 0 Å². The van der Waals surface area contributed by atoms with Gasteiger partial charge in [-0.25, -0.2) is 13.0 Å². The van der Waals surface area contributed by atoms with Gasteiger partial charge in [0.05, 0.1) is 4.75 Å². The number of aryl methyl sites for hydroxylation is 1. The topological polar surface area (TPSA) is 38.0 Å². The van der Waals surface area contributed by atoms with Crippen LogP contribution in [-0.4, -0.2) is 18.9 Å². The van der Waals surface area contributed by atoms with Crippen molar-refractivity contribution >= 4 is 9.84 Å². The average Bonchev–Trinajstić information content (AvgIpc) is 2.15. The first kappa shape index (κ1) is 12.2. The highest BCUT2D eigenvalue weighted by Gasteiger charge is 2.29. The van der Waals surface area contributed by atoms with Crippen LogP contribution < -0.4 is 4.57 Å². The molecule has 1 heterocycles. The molecule has 1 aromatic heterocycles. The first-order chi connectivity index (χ1) is 6.83. The van der Waals surface area contributed by atoms with Gasteiger partial charge in [-0.1, -0.05) is 6.07 Å². The Morgan fingerprint density at radius 1 is 1.07 bits per heavy atom. The zero-order valence-corrected chi connectivity index (χ0v) is 10.3. The Labute approximate surface area is 91.7 Å². The lowest BCUT2D eigenvalue weighted by molar-refractivity contribution is -0.692. The van der Waals surface area contributed by atoms with Crippen LogP contribution in [0.25, 0.3) is 0 Å². The predicted octanol–water partition coefficient (Wildman–Crippen LogP) is 1.19. The second kappa shape index (κ2) is 4.31. The number of rotatable bonds is 3. The number of hydrogen-bond donors (Lipinski definition) is 0. The maximum absolute atomic E-state index is 11.8. The Bertz CT molecular complexity index is 404. The van der Waals surface area contributed by atoms with Crippen molar-refractivity contribution in [3.8, 4) is 0 Å². The van der Waals surface area contributed by atoms with E-state index in [2.05, 4.69) is 0 Å². The van der Waals surface area contributed by atoms with Gasteiger partial charge >= 0.3 is 0 Å². The molecule has 1 rings (SSSR count). The van der Waals surface area contributed by atoms with Gasteiger partial charge in [0.1, 0.15) is 5.75 Å². The van der Waals surface area contributed by atoms with E-state index < -0.39 is 14.6 Å². The van der Waals surface area contributed by atoms with E-state index in [0.29, 0.717) is 6.54 Å². The molecule has 0 unspecified atom stereocenters. The summed E-state index contributed by atoms with van der Waals surface area (Å²) >= 11 is 0. The van der Waals surface area contributed by atoms with Crippen molar-refractivity contribution in [1.82, 2.24) is 0 Å². The highest BCUT2D eigenvalue weighted by Crippen LogP contribution is 2.15. The highest BCUT2D eigenvalue weighted by molar-refractivity contribution is 7.92. The second-order valence-corrected chi connectivity index (χ2v) is 7.41. The highest BCUT2D eigenvalue weighted by atomic mass is 32.2. The Hall–Kier alpha value is -0.900. The maximum Gasteiger partial charge on any atom is 0.168 e. The third kappa shape index (κ3) is 3.30. The summed E-state index contributed by atoms with van der Waals surface area (Å²) in [5.74, 6) is 0.186. The van der Waals surface area contributed by atoms with E-state index in [1.54, 1.807) is 20.8 Å². The van der Waals surface area contributed by atoms with Crippen molar-refractivity contribution in [3.05, 3.63) is 30.6 Å². The minimum absolute atomic E-state index is 0.186. The number of aromatic nitrogens is 1. The summed E-state index contributed by atoms with van der Waals surface area (Å²) in [5.41, 5.74) is 0. The molecule has 84 valence electrons. The molecule has 0 atom stereocenters. The quantitative estimate of drug-likeness (QED) is 0.729. The van der Waals surface area contributed by atoms with Crippen LogP contribution >= 0.6 is 0 Å². The van der Waals surface area contributed by atoms with Crippen LogP contribution in [0.2, 0.25) is 0 Å². The Balaban J connectivity index is 2.67. The van der Waals surface area contributed by atoms with Crippen LogP contribution in [0.1, 0.15) is 20.8 Å². The summed E-state index contributed by atoms with van der Waals surface area (Å²) in [4.78, 5) is 0. The molecule has 0 aliphatic rings. The van der Waals surface area contributed by atoms with Crippen molar-refractivity contribution in [3.63, 3.8) is 0 Å². The van der Waals surface area contributed by atoms with Gasteiger partial charge in [-0.05, 0) is 20.8 Å². The molecule has 3 nitrogen and oxygen atoms in total. The van der Waals surface area contributed by atoms with Crippen LogP contribution in [0.3, 0.4) is 0 Å². The van der Waals surface area contributed by atoms with Gasteiger partial charge in [0.15, 0.2) is 28.8 Å². The SMILES string of the molecule is CC(C)(C)S(=O)(=O)CC[n+]1ccccc1. The van der Waals surface area contributed by atoms with Gasteiger partial charge in [-0.3, -0.25) is 0 Å². The Kier molecular flexibility index (Phi) is 3.50. The van der Waals surface area contributed by atoms with E-state index in [1.165, 1.54) is 0 Å². The van der Waals surface area contributed by atoms with Crippen LogP contribution in [0.15, 0.2) is 30.6 Å². The first-order valence-electron chi connectivity index (χ1n) is 4.99. The van der Waals surface area contributed by atoms with E-state index in [4.69, 9.17) is 0 Å². The van der Waals surface area contributed by atoms with Gasteiger partial charge in [0.25, 0.3) is 0 Å². The monoisotopic (exact) mass is 228 g/mol. The van der Waals surface area contributed by atoms with E-state index in [9.17, 15) is 8.42 Å². The second-order valence-electron chi connectivity index (χ2n) is 4.54. The largest absolute Gasteiger partial charge is 0.228 e. The molecule has 0 amide bonds. The van der Waals surface area contributed by atoms with Crippen molar-refractivity contribution in [2.24, 2.45) is 0 Å². The molecule has 0 aliphatic heterocycles. The van der Waals surface area contributed by atoms with Gasteiger partial charge in [0, 0.05) is 12.1 Å². The lowest BCUT2D eigenvalue weighted by Gasteiger charge is -2.17. The molecular weight excluding hydrogens is 210 g/mol. The molecule has 0 radical (unpaired) electrons. The normalized spacial score (nSPS) is 12.7. The van der Waals surface area contributed by atoms with Crippen molar-refractivity contribution < 1.29 is 13.0 Å². The molecule has 0 fully saturated rings. The lowest BCUT2D eigenvalue weighted by atomic mass is 10.3. The fourth-order valence-electron chi connectivity index (χ4n) is 1.12. The summed E-state index contributed by atoms with van der Waals surface area (Å²) in [6.07, 6.45) is 3.75. The molecule has 0 saturated heterocycles. The minimum atomic E-state index is -3.02. The Morgan fingerprint density at radius 2 is 1.60 bits per heavy atom. The van der Waals surface area contributed by atoms with Crippen LogP contribution in [0, 0.1) is 0 Å². The van der Waals surface area contributed by atoms with Gasteiger partial charge < -0.3 is 0 Å². The van der Waals surface area contributed by atoms with E-state index >= 15 is 0 Å². The van der Waals surface area contributed by atoms with Gasteiger partial charge in [0.2, 0.25) is 0 Å². The maximum atomic E-state index is 11.8. The van der Waals surface area contributed by atoms with E-state index in [1.807, 2.05) is 35.2 Å². The summed E-state index contributed by atoms with van der Waals surface area (Å²) in [6, 6.07) is 5.70. The molecule has 0 bridgehead atoms. The molecule has 0 spiro atoms. The average molecular weight is 228 g/mol. The third-order valence-corrected chi connectivity index (χ3v) is 4.91. The number of pyridine rings is 1. The smallest absolute Gasteiger partial charge is 0.168 e. The zero-order chi connectivity index (χ0) is 11.5. The first-order valence-corrected chi connectivity index (χ1v) is 6.64. The molecule has 0 N–H and O–H groups in total. The summed E-state index contributed by atoms with van der Waals surface area (Å²) in [6.45, 7) is 5.72. The van der Waals surface area contributed by atoms with Crippen molar-refractivity contribution in [2.75, 3.05) is 5.75 Å². The van der Waals surface area contributed by atoms with Crippen LogP contribution in [0.5, 0.6) is 0 Å². The van der Waals surface area contributed by atoms with Crippen LogP contribution in [-0.2, 0) is 16.4 Å². The van der Waals surface area contributed by atoms with E-state index in [-0.39, 0.29) is 5.75 Å². The molecule has 0 saturated carbocycles. The molecule has 15 heavy (non-hydrogen) atoms. The molecular formula is C11H18NO2S+. The summed E-state index contributed by atoms with van der Waals surface area (Å²) in [7, 11) is -3.02. The van der Waals surface area contributed by atoms with E-state index in [0.717, 1.165) is 0 Å². The molecule has 0 aliphatic carbocycles.